The number of hydrogen-bond donors (Lipinski definition) is 2. The van der Waals surface area contributed by atoms with Gasteiger partial charge in [0.1, 0.15) is 11.6 Å². The second-order valence-electron chi connectivity index (χ2n) is 3.76. The number of aromatic nitrogens is 2. The van der Waals surface area contributed by atoms with Gasteiger partial charge in [-0.3, -0.25) is 4.79 Å². The van der Waals surface area contributed by atoms with Crippen LogP contribution in [0.4, 0.5) is 14.5 Å². The lowest BCUT2D eigenvalue weighted by Gasteiger charge is -2.15. The summed E-state index contributed by atoms with van der Waals surface area (Å²) in [5.74, 6) is -3.30. The van der Waals surface area contributed by atoms with Gasteiger partial charge in [-0.1, -0.05) is 11.6 Å². The number of methoxy groups -OCH3 is 1. The topological polar surface area (TPSA) is 76.4 Å². The maximum absolute atomic E-state index is 12.8. The van der Waals surface area contributed by atoms with E-state index in [0.29, 0.717) is 0 Å². The molecule has 0 aliphatic heterocycles. The van der Waals surface area contributed by atoms with Crippen molar-refractivity contribution in [3.63, 3.8) is 0 Å². The number of aliphatic hydroxyl groups is 1. The molecule has 0 atom stereocenters. The summed E-state index contributed by atoms with van der Waals surface area (Å²) in [6, 6.07) is 0. The SMILES string of the molecule is COCCn1ncc(NCC(F)(F)CO)c(Cl)c1=O. The first-order valence-electron chi connectivity index (χ1n) is 5.38. The molecule has 1 heterocycles. The van der Waals surface area contributed by atoms with E-state index in [4.69, 9.17) is 21.4 Å². The van der Waals surface area contributed by atoms with E-state index in [1.807, 2.05) is 0 Å². The second kappa shape index (κ2) is 6.78. The summed E-state index contributed by atoms with van der Waals surface area (Å²) in [5, 5.41) is 14.2. The maximum Gasteiger partial charge on any atom is 0.287 e. The molecule has 0 fully saturated rings. The van der Waals surface area contributed by atoms with Crippen LogP contribution < -0.4 is 10.9 Å². The summed E-state index contributed by atoms with van der Waals surface area (Å²) in [4.78, 5) is 11.7. The normalized spacial score (nSPS) is 11.6. The minimum absolute atomic E-state index is 0.00606. The highest BCUT2D eigenvalue weighted by Gasteiger charge is 2.27. The maximum atomic E-state index is 12.8. The van der Waals surface area contributed by atoms with Crippen LogP contribution >= 0.6 is 11.6 Å². The fourth-order valence-electron chi connectivity index (χ4n) is 1.21. The average Bonchev–Trinajstić information content (AvgIpc) is 2.39. The zero-order valence-electron chi connectivity index (χ0n) is 10.2. The Morgan fingerprint density at radius 2 is 2.32 bits per heavy atom. The highest BCUT2D eigenvalue weighted by molar-refractivity contribution is 6.32. The first-order valence-corrected chi connectivity index (χ1v) is 5.76. The molecule has 19 heavy (non-hydrogen) atoms. The number of rotatable bonds is 7. The average molecular weight is 298 g/mol. The van der Waals surface area contributed by atoms with Crippen LogP contribution in [0, 0.1) is 0 Å². The molecule has 0 saturated heterocycles. The number of aliphatic hydroxyl groups excluding tert-OH is 1. The molecule has 0 saturated carbocycles. The van der Waals surface area contributed by atoms with Crippen molar-refractivity contribution in [2.24, 2.45) is 0 Å². The molecule has 0 amide bonds. The smallest absolute Gasteiger partial charge is 0.287 e. The van der Waals surface area contributed by atoms with E-state index >= 15 is 0 Å². The minimum Gasteiger partial charge on any atom is -0.390 e. The molecular formula is C10H14ClF2N3O3. The van der Waals surface area contributed by atoms with E-state index in [1.165, 1.54) is 13.3 Å². The third-order valence-electron chi connectivity index (χ3n) is 2.26. The Bertz CT molecular complexity index is 482. The quantitative estimate of drug-likeness (QED) is 0.770. The van der Waals surface area contributed by atoms with Gasteiger partial charge in [-0.25, -0.2) is 13.5 Å². The van der Waals surface area contributed by atoms with Gasteiger partial charge in [0.05, 0.1) is 31.6 Å². The van der Waals surface area contributed by atoms with E-state index in [9.17, 15) is 13.6 Å². The van der Waals surface area contributed by atoms with Crippen molar-refractivity contribution in [3.8, 4) is 0 Å². The van der Waals surface area contributed by atoms with Crippen molar-refractivity contribution in [2.45, 2.75) is 12.5 Å². The van der Waals surface area contributed by atoms with Crippen LogP contribution in [-0.4, -0.2) is 47.7 Å². The van der Waals surface area contributed by atoms with Crippen LogP contribution in [0.25, 0.3) is 0 Å². The minimum atomic E-state index is -3.30. The lowest BCUT2D eigenvalue weighted by Crippen LogP contribution is -2.32. The molecular weight excluding hydrogens is 284 g/mol. The number of nitrogens with one attached hydrogen (secondary N) is 1. The van der Waals surface area contributed by atoms with Crippen LogP contribution in [0.1, 0.15) is 0 Å². The van der Waals surface area contributed by atoms with Gasteiger partial charge in [0, 0.05) is 7.11 Å². The number of halogens is 3. The van der Waals surface area contributed by atoms with E-state index in [2.05, 4.69) is 10.4 Å². The monoisotopic (exact) mass is 297 g/mol. The third kappa shape index (κ3) is 4.41. The van der Waals surface area contributed by atoms with Gasteiger partial charge in [0.2, 0.25) is 0 Å². The second-order valence-corrected chi connectivity index (χ2v) is 4.14. The summed E-state index contributed by atoms with van der Waals surface area (Å²) in [6.07, 6.45) is 1.17. The summed E-state index contributed by atoms with van der Waals surface area (Å²) in [5.41, 5.74) is -0.607. The van der Waals surface area contributed by atoms with Crippen LogP contribution in [0.15, 0.2) is 11.0 Å². The van der Waals surface area contributed by atoms with E-state index in [-0.39, 0.29) is 23.9 Å². The molecule has 0 aliphatic rings. The highest BCUT2D eigenvalue weighted by Crippen LogP contribution is 2.18. The summed E-state index contributed by atoms with van der Waals surface area (Å²) in [6.45, 7) is -1.65. The number of ether oxygens (including phenoxy) is 1. The number of hydrogen-bond acceptors (Lipinski definition) is 5. The Morgan fingerprint density at radius 3 is 2.89 bits per heavy atom. The molecule has 108 valence electrons. The van der Waals surface area contributed by atoms with Crippen molar-refractivity contribution in [1.82, 2.24) is 9.78 Å². The molecule has 0 unspecified atom stereocenters. The van der Waals surface area contributed by atoms with Crippen molar-refractivity contribution in [1.29, 1.82) is 0 Å². The van der Waals surface area contributed by atoms with Crippen LogP contribution in [0.5, 0.6) is 0 Å². The zero-order valence-corrected chi connectivity index (χ0v) is 11.0. The number of nitrogens with zero attached hydrogens (tertiary/aromatic N) is 2. The van der Waals surface area contributed by atoms with E-state index < -0.39 is 24.6 Å². The lowest BCUT2D eigenvalue weighted by molar-refractivity contribution is -0.0372. The summed E-state index contributed by atoms with van der Waals surface area (Å²) >= 11 is 5.77. The zero-order chi connectivity index (χ0) is 14.5. The van der Waals surface area contributed by atoms with Crippen molar-refractivity contribution >= 4 is 17.3 Å². The number of anilines is 1. The molecule has 0 radical (unpaired) electrons. The molecule has 1 rings (SSSR count). The van der Waals surface area contributed by atoms with Gasteiger partial charge in [-0.2, -0.15) is 5.10 Å². The number of alkyl halides is 2. The predicted molar refractivity (Wildman–Crippen MR) is 65.9 cm³/mol. The molecule has 1 aromatic rings. The van der Waals surface area contributed by atoms with Crippen LogP contribution in [0.3, 0.4) is 0 Å². The van der Waals surface area contributed by atoms with Gasteiger partial charge in [0.25, 0.3) is 11.5 Å². The Morgan fingerprint density at radius 1 is 1.63 bits per heavy atom. The Hall–Kier alpha value is -1.25. The summed E-state index contributed by atoms with van der Waals surface area (Å²) < 4.78 is 31.5. The van der Waals surface area contributed by atoms with Gasteiger partial charge >= 0.3 is 0 Å². The molecule has 6 nitrogen and oxygen atoms in total. The fourth-order valence-corrected chi connectivity index (χ4v) is 1.42. The fraction of sp³-hybridized carbons (Fsp3) is 0.600. The molecule has 0 aliphatic carbocycles. The lowest BCUT2D eigenvalue weighted by atomic mass is 10.3. The standard InChI is InChI=1S/C10H14ClF2N3O3/c1-19-3-2-16-9(18)8(11)7(4-15-16)14-5-10(12,13)6-17/h4,14,17H,2-3,5-6H2,1H3. The van der Waals surface area contributed by atoms with E-state index in [1.54, 1.807) is 0 Å². The third-order valence-corrected chi connectivity index (χ3v) is 2.63. The molecule has 1 aromatic heterocycles. The van der Waals surface area contributed by atoms with Crippen molar-refractivity contribution < 1.29 is 18.6 Å². The van der Waals surface area contributed by atoms with E-state index in [0.717, 1.165) is 4.68 Å². The first-order chi connectivity index (χ1) is 8.91. The molecule has 0 bridgehead atoms. The van der Waals surface area contributed by atoms with Gasteiger partial charge in [0.15, 0.2) is 0 Å². The van der Waals surface area contributed by atoms with Crippen LogP contribution in [0.2, 0.25) is 5.02 Å². The van der Waals surface area contributed by atoms with Crippen LogP contribution in [-0.2, 0) is 11.3 Å². The molecule has 0 spiro atoms. The Labute approximate surface area is 112 Å². The van der Waals surface area contributed by atoms with Crippen molar-refractivity contribution in [3.05, 3.63) is 21.6 Å². The van der Waals surface area contributed by atoms with Gasteiger partial charge < -0.3 is 15.2 Å². The Balaban J connectivity index is 2.82. The largest absolute Gasteiger partial charge is 0.390 e. The Kier molecular flexibility index (Phi) is 5.64. The van der Waals surface area contributed by atoms with Gasteiger partial charge in [-0.15, -0.1) is 0 Å². The molecule has 2 N–H and O–H groups in total. The van der Waals surface area contributed by atoms with Crippen molar-refractivity contribution in [2.75, 3.05) is 32.2 Å². The molecule has 0 aromatic carbocycles. The summed E-state index contributed by atoms with van der Waals surface area (Å²) in [7, 11) is 1.47. The predicted octanol–water partition coefficient (Wildman–Crippen LogP) is 0.583. The highest BCUT2D eigenvalue weighted by atomic mass is 35.5. The first kappa shape index (κ1) is 15.8. The molecule has 9 heteroatoms. The van der Waals surface area contributed by atoms with Gasteiger partial charge in [-0.05, 0) is 0 Å².